The average molecular weight is 269 g/mol. The summed E-state index contributed by atoms with van der Waals surface area (Å²) in [7, 11) is 1.61. The number of nitrogens with zero attached hydrogens (tertiary/aromatic N) is 1. The Bertz CT molecular complexity index is 413. The first-order chi connectivity index (χ1) is 8.66. The summed E-state index contributed by atoms with van der Waals surface area (Å²) in [6.45, 7) is 4.07. The number of piperidine rings is 1. The average Bonchev–Trinajstić information content (AvgIpc) is 2.82. The minimum atomic E-state index is -0.669. The van der Waals surface area contributed by atoms with E-state index >= 15 is 0 Å². The van der Waals surface area contributed by atoms with Gasteiger partial charge in [-0.05, 0) is 32.9 Å². The molecule has 2 rings (SSSR count). The van der Waals surface area contributed by atoms with Crippen LogP contribution in [-0.4, -0.2) is 36.7 Å². The Balaban J connectivity index is 1.93. The molecule has 0 atom stereocenters. The van der Waals surface area contributed by atoms with Crippen LogP contribution in [0, 0.1) is 6.92 Å². The molecule has 6 heteroatoms. The lowest BCUT2D eigenvalue weighted by Gasteiger charge is -2.34. The van der Waals surface area contributed by atoms with E-state index in [1.165, 1.54) is 0 Å². The molecule has 2 N–H and O–H groups in total. The lowest BCUT2D eigenvalue weighted by Crippen LogP contribution is -2.53. The van der Waals surface area contributed by atoms with Gasteiger partial charge < -0.3 is 15.4 Å². The summed E-state index contributed by atoms with van der Waals surface area (Å²) in [4.78, 5) is 16.6. The van der Waals surface area contributed by atoms with E-state index in [2.05, 4.69) is 15.6 Å². The molecule has 0 saturated carbocycles. The Morgan fingerprint density at radius 3 is 2.89 bits per heavy atom. The van der Waals surface area contributed by atoms with Gasteiger partial charge in [-0.2, -0.15) is 0 Å². The van der Waals surface area contributed by atoms with Crippen molar-refractivity contribution in [2.24, 2.45) is 0 Å². The summed E-state index contributed by atoms with van der Waals surface area (Å²) in [5, 5.41) is 9.08. The quantitative estimate of drug-likeness (QED) is 0.850. The molecule has 0 radical (unpaired) electrons. The molecule has 0 aliphatic carbocycles. The molecular weight excluding hydrogens is 250 g/mol. The number of hydrogen-bond acceptors (Lipinski definition) is 5. The van der Waals surface area contributed by atoms with Crippen LogP contribution in [0.1, 0.15) is 23.5 Å². The van der Waals surface area contributed by atoms with Crippen LogP contribution in [0.4, 0.5) is 0 Å². The number of carbonyl (C=O) groups is 1. The first-order valence-electron chi connectivity index (χ1n) is 6.11. The minimum Gasteiger partial charge on any atom is -0.368 e. The Kier molecular flexibility index (Phi) is 4.31. The number of thiazole rings is 1. The van der Waals surface area contributed by atoms with Crippen LogP contribution < -0.4 is 10.6 Å². The topological polar surface area (TPSA) is 63.2 Å². The third kappa shape index (κ3) is 2.88. The third-order valence-corrected chi connectivity index (χ3v) is 4.25. The van der Waals surface area contributed by atoms with Crippen molar-refractivity contribution >= 4 is 17.2 Å². The number of amides is 1. The fourth-order valence-electron chi connectivity index (χ4n) is 2.16. The molecule has 1 aliphatic heterocycles. The molecule has 18 heavy (non-hydrogen) atoms. The monoisotopic (exact) mass is 269 g/mol. The van der Waals surface area contributed by atoms with Crippen molar-refractivity contribution in [2.45, 2.75) is 31.9 Å². The van der Waals surface area contributed by atoms with Gasteiger partial charge in [-0.3, -0.25) is 4.79 Å². The van der Waals surface area contributed by atoms with E-state index in [1.54, 1.807) is 18.4 Å². The van der Waals surface area contributed by atoms with Crippen molar-refractivity contribution in [3.05, 3.63) is 16.1 Å². The summed E-state index contributed by atoms with van der Waals surface area (Å²) in [6, 6.07) is 0. The van der Waals surface area contributed by atoms with E-state index in [0.717, 1.165) is 23.8 Å². The maximum atomic E-state index is 12.2. The van der Waals surface area contributed by atoms with E-state index in [4.69, 9.17) is 4.74 Å². The van der Waals surface area contributed by atoms with Crippen LogP contribution in [0.5, 0.6) is 0 Å². The molecule has 2 heterocycles. The maximum absolute atomic E-state index is 12.2. The highest BCUT2D eigenvalue weighted by Gasteiger charge is 2.39. The molecule has 1 aromatic rings. The van der Waals surface area contributed by atoms with Gasteiger partial charge in [0.25, 0.3) is 5.91 Å². The fourth-order valence-corrected chi connectivity index (χ4v) is 2.87. The number of carbonyl (C=O) groups excluding carboxylic acids is 1. The van der Waals surface area contributed by atoms with E-state index in [0.29, 0.717) is 19.4 Å². The first-order valence-corrected chi connectivity index (χ1v) is 6.99. The highest BCUT2D eigenvalue weighted by atomic mass is 32.1. The van der Waals surface area contributed by atoms with Crippen LogP contribution in [0.3, 0.4) is 0 Å². The van der Waals surface area contributed by atoms with Crippen LogP contribution in [0.25, 0.3) is 0 Å². The number of aromatic nitrogens is 1. The van der Waals surface area contributed by atoms with Crippen molar-refractivity contribution in [3.8, 4) is 0 Å². The van der Waals surface area contributed by atoms with Crippen LogP contribution >= 0.6 is 11.3 Å². The standard InChI is InChI=1S/C12H19N3O2S/c1-9-8-18-10(15-9)7-14-11(16)12(17-2)3-5-13-6-4-12/h8,13H,3-7H2,1-2H3,(H,14,16). The summed E-state index contributed by atoms with van der Waals surface area (Å²) in [6.07, 6.45) is 1.43. The fraction of sp³-hybridized carbons (Fsp3) is 0.667. The number of ether oxygens (including phenoxy) is 1. The molecule has 1 aromatic heterocycles. The second-order valence-electron chi connectivity index (χ2n) is 4.51. The van der Waals surface area contributed by atoms with Gasteiger partial charge in [0.1, 0.15) is 10.6 Å². The van der Waals surface area contributed by atoms with E-state index in [9.17, 15) is 4.79 Å². The summed E-state index contributed by atoms with van der Waals surface area (Å²) >= 11 is 1.57. The van der Waals surface area contributed by atoms with Gasteiger partial charge in [0.15, 0.2) is 0 Å². The number of hydrogen-bond donors (Lipinski definition) is 2. The second-order valence-corrected chi connectivity index (χ2v) is 5.46. The van der Waals surface area contributed by atoms with E-state index < -0.39 is 5.60 Å². The molecule has 1 aliphatic rings. The SMILES string of the molecule is COC1(C(=O)NCc2nc(C)cs2)CCNCC1. The minimum absolute atomic E-state index is 0.0284. The summed E-state index contributed by atoms with van der Waals surface area (Å²) in [5.41, 5.74) is 0.324. The van der Waals surface area contributed by atoms with Crippen LogP contribution in [0.2, 0.25) is 0 Å². The normalized spacial score (nSPS) is 18.6. The summed E-state index contributed by atoms with van der Waals surface area (Å²) in [5.74, 6) is -0.0284. The summed E-state index contributed by atoms with van der Waals surface area (Å²) < 4.78 is 5.47. The lowest BCUT2D eigenvalue weighted by molar-refractivity contribution is -0.146. The Morgan fingerprint density at radius 2 is 2.33 bits per heavy atom. The highest BCUT2D eigenvalue weighted by Crippen LogP contribution is 2.22. The zero-order valence-corrected chi connectivity index (χ0v) is 11.6. The smallest absolute Gasteiger partial charge is 0.252 e. The molecule has 1 amide bonds. The van der Waals surface area contributed by atoms with Gasteiger partial charge in [0.2, 0.25) is 0 Å². The third-order valence-electron chi connectivity index (χ3n) is 3.28. The first kappa shape index (κ1) is 13.5. The van der Waals surface area contributed by atoms with Gasteiger partial charge in [0.05, 0.1) is 6.54 Å². The van der Waals surface area contributed by atoms with Crippen molar-refractivity contribution in [2.75, 3.05) is 20.2 Å². The largest absolute Gasteiger partial charge is 0.368 e. The Labute approximate surface area is 111 Å². The number of aryl methyl sites for hydroxylation is 1. The maximum Gasteiger partial charge on any atom is 0.252 e. The Morgan fingerprint density at radius 1 is 1.61 bits per heavy atom. The van der Waals surface area contributed by atoms with Gasteiger partial charge in [-0.25, -0.2) is 4.98 Å². The van der Waals surface area contributed by atoms with Crippen LogP contribution in [0.15, 0.2) is 5.38 Å². The van der Waals surface area contributed by atoms with Gasteiger partial charge in [0, 0.05) is 18.2 Å². The van der Waals surface area contributed by atoms with Crippen molar-refractivity contribution in [3.63, 3.8) is 0 Å². The van der Waals surface area contributed by atoms with Gasteiger partial charge in [-0.15, -0.1) is 11.3 Å². The van der Waals surface area contributed by atoms with Gasteiger partial charge in [-0.1, -0.05) is 0 Å². The zero-order chi connectivity index (χ0) is 13.0. The molecule has 0 spiro atoms. The van der Waals surface area contributed by atoms with Crippen molar-refractivity contribution < 1.29 is 9.53 Å². The second kappa shape index (κ2) is 5.77. The number of nitrogens with one attached hydrogen (secondary N) is 2. The zero-order valence-electron chi connectivity index (χ0n) is 10.8. The highest BCUT2D eigenvalue weighted by molar-refractivity contribution is 7.09. The Hall–Kier alpha value is -0.980. The van der Waals surface area contributed by atoms with E-state index in [1.807, 2.05) is 12.3 Å². The molecule has 0 unspecified atom stereocenters. The molecule has 1 saturated heterocycles. The predicted molar refractivity (Wildman–Crippen MR) is 70.5 cm³/mol. The van der Waals surface area contributed by atoms with Crippen molar-refractivity contribution in [1.82, 2.24) is 15.6 Å². The molecule has 1 fully saturated rings. The van der Waals surface area contributed by atoms with E-state index in [-0.39, 0.29) is 5.91 Å². The number of methoxy groups -OCH3 is 1. The van der Waals surface area contributed by atoms with Gasteiger partial charge >= 0.3 is 0 Å². The van der Waals surface area contributed by atoms with Crippen LogP contribution in [-0.2, 0) is 16.1 Å². The molecule has 5 nitrogen and oxygen atoms in total. The lowest BCUT2D eigenvalue weighted by atomic mass is 9.91. The number of rotatable bonds is 4. The van der Waals surface area contributed by atoms with Crippen molar-refractivity contribution in [1.29, 1.82) is 0 Å². The molecule has 0 bridgehead atoms. The molecule has 0 aromatic carbocycles. The molecule has 100 valence electrons. The predicted octanol–water partition coefficient (Wildman–Crippen LogP) is 0.836. The molecular formula is C12H19N3O2S.